The van der Waals surface area contributed by atoms with Crippen LogP contribution in [0.3, 0.4) is 0 Å². The third-order valence-corrected chi connectivity index (χ3v) is 4.66. The summed E-state index contributed by atoms with van der Waals surface area (Å²) in [4.78, 5) is 29.4. The number of benzene rings is 2. The molecule has 0 fully saturated rings. The van der Waals surface area contributed by atoms with Crippen LogP contribution in [0.5, 0.6) is 0 Å². The normalized spacial score (nSPS) is 16.4. The van der Waals surface area contributed by atoms with Crippen LogP contribution in [-0.4, -0.2) is 27.4 Å². The Balaban J connectivity index is 1.59. The number of anilines is 2. The Labute approximate surface area is 148 Å². The first kappa shape index (κ1) is 15.7. The molecule has 0 unspecified atom stereocenters. The second-order valence-corrected chi connectivity index (χ2v) is 6.41. The van der Waals surface area contributed by atoms with E-state index >= 15 is 0 Å². The highest BCUT2D eigenvalue weighted by Gasteiger charge is 2.31. The minimum atomic E-state index is -0.683. The summed E-state index contributed by atoms with van der Waals surface area (Å²) in [5, 5.41) is 6.41. The lowest BCUT2D eigenvalue weighted by Crippen LogP contribution is -2.42. The Kier molecular flexibility index (Phi) is 3.69. The number of aromatic nitrogens is 2. The van der Waals surface area contributed by atoms with Crippen molar-refractivity contribution in [3.8, 4) is 0 Å². The number of nitrogens with one attached hydrogen (secondary N) is 2. The lowest BCUT2D eigenvalue weighted by Gasteiger charge is -2.23. The maximum atomic E-state index is 12.5. The number of fused-ring (bicyclic) bond motifs is 3. The van der Waals surface area contributed by atoms with Crippen LogP contribution < -0.4 is 10.6 Å². The maximum absolute atomic E-state index is 12.5. The number of aryl methyl sites for hydroxylation is 1. The Bertz CT molecular complexity index is 1010. The lowest BCUT2D eigenvalue weighted by molar-refractivity contribution is -0.117. The van der Waals surface area contributed by atoms with Gasteiger partial charge in [0, 0.05) is 10.7 Å². The Morgan fingerprint density at radius 3 is 2.92 bits per heavy atom. The van der Waals surface area contributed by atoms with Crippen LogP contribution >= 0.6 is 11.6 Å². The molecule has 6 nitrogen and oxygen atoms in total. The standard InChI is InChI=1S/C18H15ClN4O2/c1-10-6-7-11(8-12(10)19)20-17(25)14-9-16(24)23-15-5-3-2-4-13(15)21-18(23)22-14/h2-8,14H,9H2,1H3,(H,20,25)(H,21,22)/t14-/m1/s1. The second-order valence-electron chi connectivity index (χ2n) is 6.01. The number of imidazole rings is 1. The van der Waals surface area contributed by atoms with E-state index < -0.39 is 6.04 Å². The Morgan fingerprint density at radius 1 is 1.32 bits per heavy atom. The topological polar surface area (TPSA) is 76.0 Å². The number of carbonyl (C=O) groups excluding carboxylic acids is 2. The van der Waals surface area contributed by atoms with Crippen molar-refractivity contribution >= 4 is 46.1 Å². The first-order chi connectivity index (χ1) is 12.0. The first-order valence-corrected chi connectivity index (χ1v) is 8.25. The summed E-state index contributed by atoms with van der Waals surface area (Å²) in [5.74, 6) is -0.0735. The van der Waals surface area contributed by atoms with Crippen molar-refractivity contribution in [1.29, 1.82) is 0 Å². The van der Waals surface area contributed by atoms with Gasteiger partial charge in [0.1, 0.15) is 6.04 Å². The number of hydrogen-bond acceptors (Lipinski definition) is 4. The average Bonchev–Trinajstić information content (AvgIpc) is 2.97. The smallest absolute Gasteiger partial charge is 0.247 e. The van der Waals surface area contributed by atoms with Gasteiger partial charge in [-0.15, -0.1) is 0 Å². The van der Waals surface area contributed by atoms with Gasteiger partial charge in [-0.2, -0.15) is 0 Å². The number of rotatable bonds is 2. The van der Waals surface area contributed by atoms with E-state index in [1.165, 1.54) is 4.57 Å². The highest BCUT2D eigenvalue weighted by molar-refractivity contribution is 6.31. The molecule has 2 N–H and O–H groups in total. The molecule has 1 aromatic heterocycles. The van der Waals surface area contributed by atoms with E-state index in [0.717, 1.165) is 11.1 Å². The molecule has 0 aliphatic carbocycles. The molecule has 1 atom stereocenters. The number of para-hydroxylation sites is 2. The van der Waals surface area contributed by atoms with Crippen LogP contribution in [-0.2, 0) is 4.79 Å². The Hall–Kier alpha value is -2.86. The molecule has 0 radical (unpaired) electrons. The number of nitrogens with zero attached hydrogens (tertiary/aromatic N) is 2. The van der Waals surface area contributed by atoms with Crippen molar-refractivity contribution in [2.24, 2.45) is 0 Å². The second kappa shape index (κ2) is 5.89. The fraction of sp³-hybridized carbons (Fsp3) is 0.167. The van der Waals surface area contributed by atoms with Crippen molar-refractivity contribution in [3.05, 3.63) is 53.1 Å². The van der Waals surface area contributed by atoms with Gasteiger partial charge in [-0.25, -0.2) is 9.55 Å². The van der Waals surface area contributed by atoms with Gasteiger partial charge in [0.2, 0.25) is 17.8 Å². The lowest BCUT2D eigenvalue weighted by atomic mass is 10.1. The zero-order chi connectivity index (χ0) is 17.6. The van der Waals surface area contributed by atoms with Crippen LogP contribution in [0.15, 0.2) is 42.5 Å². The van der Waals surface area contributed by atoms with Crippen molar-refractivity contribution in [3.63, 3.8) is 0 Å². The number of amides is 1. The van der Waals surface area contributed by atoms with E-state index in [1.54, 1.807) is 12.1 Å². The van der Waals surface area contributed by atoms with E-state index in [1.807, 2.05) is 37.3 Å². The number of carbonyl (C=O) groups is 2. The highest BCUT2D eigenvalue weighted by atomic mass is 35.5. The minimum Gasteiger partial charge on any atom is -0.343 e. The number of halogens is 1. The van der Waals surface area contributed by atoms with Gasteiger partial charge in [0.05, 0.1) is 17.5 Å². The van der Waals surface area contributed by atoms with Gasteiger partial charge in [0.25, 0.3) is 0 Å². The summed E-state index contributed by atoms with van der Waals surface area (Å²) in [5.41, 5.74) is 2.97. The minimum absolute atomic E-state index is 0.0543. The third-order valence-electron chi connectivity index (χ3n) is 4.25. The van der Waals surface area contributed by atoms with Gasteiger partial charge in [-0.1, -0.05) is 29.8 Å². The molecule has 126 valence electrons. The van der Waals surface area contributed by atoms with Gasteiger partial charge >= 0.3 is 0 Å². The molecule has 7 heteroatoms. The molecule has 1 aliphatic rings. The van der Waals surface area contributed by atoms with E-state index in [4.69, 9.17) is 11.6 Å². The molecule has 2 aromatic carbocycles. The van der Waals surface area contributed by atoms with E-state index in [-0.39, 0.29) is 18.2 Å². The van der Waals surface area contributed by atoms with Gasteiger partial charge < -0.3 is 10.6 Å². The molecule has 25 heavy (non-hydrogen) atoms. The molecule has 0 spiro atoms. The van der Waals surface area contributed by atoms with E-state index in [9.17, 15) is 9.59 Å². The summed E-state index contributed by atoms with van der Waals surface area (Å²) in [6.07, 6.45) is 0.0543. The molecule has 3 aromatic rings. The van der Waals surface area contributed by atoms with Crippen molar-refractivity contribution in [2.75, 3.05) is 10.6 Å². The quantitative estimate of drug-likeness (QED) is 0.739. The maximum Gasteiger partial charge on any atom is 0.247 e. The molecule has 4 rings (SSSR count). The predicted octanol–water partition coefficient (Wildman–Crippen LogP) is 3.46. The van der Waals surface area contributed by atoms with Crippen molar-refractivity contribution in [2.45, 2.75) is 19.4 Å². The monoisotopic (exact) mass is 354 g/mol. The molecule has 0 saturated carbocycles. The third kappa shape index (κ3) is 2.74. The van der Waals surface area contributed by atoms with Gasteiger partial charge in [-0.05, 0) is 36.8 Å². The molecule has 1 amide bonds. The SMILES string of the molecule is Cc1ccc(NC(=O)[C@H]2CC(=O)n3c(nc4ccccc43)N2)cc1Cl. The number of hydrogen-bond donors (Lipinski definition) is 2. The molecule has 1 aliphatic heterocycles. The summed E-state index contributed by atoms with van der Waals surface area (Å²) in [7, 11) is 0. The zero-order valence-corrected chi connectivity index (χ0v) is 14.2. The fourth-order valence-electron chi connectivity index (χ4n) is 2.91. The molecule has 2 heterocycles. The predicted molar refractivity (Wildman–Crippen MR) is 97.2 cm³/mol. The van der Waals surface area contributed by atoms with Crippen LogP contribution in [0.25, 0.3) is 11.0 Å². The summed E-state index contributed by atoms with van der Waals surface area (Å²) >= 11 is 6.08. The highest BCUT2D eigenvalue weighted by Crippen LogP contribution is 2.26. The van der Waals surface area contributed by atoms with Crippen LogP contribution in [0.4, 0.5) is 11.6 Å². The average molecular weight is 355 g/mol. The summed E-state index contributed by atoms with van der Waals surface area (Å²) in [6.45, 7) is 1.89. The Morgan fingerprint density at radius 2 is 2.12 bits per heavy atom. The van der Waals surface area contributed by atoms with Crippen molar-refractivity contribution < 1.29 is 9.59 Å². The van der Waals surface area contributed by atoms with Gasteiger partial charge in [0.15, 0.2) is 0 Å². The molecular weight excluding hydrogens is 340 g/mol. The van der Waals surface area contributed by atoms with Crippen LogP contribution in [0.1, 0.15) is 16.8 Å². The summed E-state index contributed by atoms with van der Waals surface area (Å²) in [6, 6.07) is 12.0. The molecule has 0 saturated heterocycles. The van der Waals surface area contributed by atoms with Crippen LogP contribution in [0, 0.1) is 6.92 Å². The zero-order valence-electron chi connectivity index (χ0n) is 13.4. The molecule has 0 bridgehead atoms. The van der Waals surface area contributed by atoms with E-state index in [2.05, 4.69) is 15.6 Å². The van der Waals surface area contributed by atoms with Crippen molar-refractivity contribution in [1.82, 2.24) is 9.55 Å². The van der Waals surface area contributed by atoms with Crippen LogP contribution in [0.2, 0.25) is 5.02 Å². The largest absolute Gasteiger partial charge is 0.343 e. The fourth-order valence-corrected chi connectivity index (χ4v) is 3.09. The van der Waals surface area contributed by atoms with E-state index in [0.29, 0.717) is 22.2 Å². The first-order valence-electron chi connectivity index (χ1n) is 7.87. The van der Waals surface area contributed by atoms with Gasteiger partial charge in [-0.3, -0.25) is 9.59 Å². The summed E-state index contributed by atoms with van der Waals surface area (Å²) < 4.78 is 1.52. The molecular formula is C18H15ClN4O2.